The first-order valence-corrected chi connectivity index (χ1v) is 11.2. The first-order valence-electron chi connectivity index (χ1n) is 11.2. The summed E-state index contributed by atoms with van der Waals surface area (Å²) in [5.41, 5.74) is 4.45. The summed E-state index contributed by atoms with van der Waals surface area (Å²) in [7, 11) is 4.00. The second-order valence-electron chi connectivity index (χ2n) is 9.03. The minimum absolute atomic E-state index is 0.00625. The van der Waals surface area contributed by atoms with E-state index >= 15 is 0 Å². The SMILES string of the molecule is CC1=NC2=C(C(=O)CCC2)[C@@H](c2ccc(N(C)C)cc2)C1C(=O)OC1CCCCC1. The highest BCUT2D eigenvalue weighted by atomic mass is 16.5. The zero-order valence-electron chi connectivity index (χ0n) is 18.3. The van der Waals surface area contributed by atoms with Crippen molar-refractivity contribution >= 4 is 23.2 Å². The Balaban J connectivity index is 1.71. The van der Waals surface area contributed by atoms with Crippen LogP contribution in [0.4, 0.5) is 5.69 Å². The van der Waals surface area contributed by atoms with Gasteiger partial charge < -0.3 is 9.64 Å². The molecule has 0 amide bonds. The van der Waals surface area contributed by atoms with E-state index in [1.165, 1.54) is 6.42 Å². The molecule has 1 aromatic rings. The summed E-state index contributed by atoms with van der Waals surface area (Å²) in [4.78, 5) is 33.1. The number of ether oxygens (including phenoxy) is 1. The first-order chi connectivity index (χ1) is 14.5. The number of anilines is 1. The molecule has 1 heterocycles. The number of Topliss-reactive ketones (excluding diaryl/α,β-unsaturated/α-hetero) is 1. The molecule has 5 heteroatoms. The topological polar surface area (TPSA) is 59.0 Å². The standard InChI is InChI=1S/C25H32N2O3/c1-16-22(25(29)30-19-8-5-4-6-9-19)23(17-12-14-18(15-13-17)27(2)3)24-20(26-16)10-7-11-21(24)28/h12-15,19,22-23H,4-11H2,1-3H3/t22?,23-/m0/s1. The number of benzene rings is 1. The molecule has 1 saturated carbocycles. The smallest absolute Gasteiger partial charge is 0.315 e. The van der Waals surface area contributed by atoms with Crippen LogP contribution in [0.1, 0.15) is 69.8 Å². The van der Waals surface area contributed by atoms with E-state index in [0.29, 0.717) is 6.42 Å². The molecule has 5 nitrogen and oxygen atoms in total. The third-order valence-electron chi connectivity index (χ3n) is 6.69. The van der Waals surface area contributed by atoms with Crippen molar-refractivity contribution in [2.75, 3.05) is 19.0 Å². The van der Waals surface area contributed by atoms with Gasteiger partial charge in [0.05, 0.1) is 0 Å². The van der Waals surface area contributed by atoms with Crippen molar-refractivity contribution in [1.29, 1.82) is 0 Å². The van der Waals surface area contributed by atoms with Gasteiger partial charge in [0.1, 0.15) is 12.0 Å². The number of esters is 1. The number of rotatable bonds is 4. The molecule has 1 unspecified atom stereocenters. The van der Waals surface area contributed by atoms with Crippen molar-refractivity contribution in [3.05, 3.63) is 41.1 Å². The van der Waals surface area contributed by atoms with Crippen LogP contribution in [0.2, 0.25) is 0 Å². The molecule has 4 rings (SSSR count). The lowest BCUT2D eigenvalue weighted by Gasteiger charge is -2.35. The highest BCUT2D eigenvalue weighted by Crippen LogP contribution is 2.44. The van der Waals surface area contributed by atoms with Crippen LogP contribution >= 0.6 is 0 Å². The number of carbonyl (C=O) groups excluding carboxylic acids is 2. The largest absolute Gasteiger partial charge is 0.462 e. The summed E-state index contributed by atoms with van der Waals surface area (Å²) < 4.78 is 5.97. The van der Waals surface area contributed by atoms with Gasteiger partial charge in [0.2, 0.25) is 0 Å². The van der Waals surface area contributed by atoms with Gasteiger partial charge in [-0.3, -0.25) is 14.6 Å². The van der Waals surface area contributed by atoms with E-state index in [2.05, 4.69) is 0 Å². The summed E-state index contributed by atoms with van der Waals surface area (Å²) in [6.45, 7) is 1.91. The monoisotopic (exact) mass is 408 g/mol. The molecule has 2 atom stereocenters. The average Bonchev–Trinajstić information content (AvgIpc) is 2.73. The lowest BCUT2D eigenvalue weighted by molar-refractivity contribution is -0.153. The molecule has 0 aromatic heterocycles. The van der Waals surface area contributed by atoms with Crippen molar-refractivity contribution in [3.8, 4) is 0 Å². The number of aliphatic imine (C=N–C) groups is 1. The predicted molar refractivity (Wildman–Crippen MR) is 119 cm³/mol. The number of hydrogen-bond acceptors (Lipinski definition) is 5. The van der Waals surface area contributed by atoms with Crippen LogP contribution in [0.5, 0.6) is 0 Å². The molecule has 0 bridgehead atoms. The number of hydrogen-bond donors (Lipinski definition) is 0. The minimum Gasteiger partial charge on any atom is -0.462 e. The molecule has 1 fully saturated rings. The van der Waals surface area contributed by atoms with Gasteiger partial charge in [0.15, 0.2) is 5.78 Å². The van der Waals surface area contributed by atoms with Crippen LogP contribution in [0, 0.1) is 5.92 Å². The van der Waals surface area contributed by atoms with Crippen LogP contribution < -0.4 is 4.90 Å². The molecular formula is C25H32N2O3. The van der Waals surface area contributed by atoms with Gasteiger partial charge in [-0.25, -0.2) is 0 Å². The van der Waals surface area contributed by atoms with E-state index in [4.69, 9.17) is 9.73 Å². The minimum atomic E-state index is -0.530. The van der Waals surface area contributed by atoms with E-state index in [-0.39, 0.29) is 23.8 Å². The number of nitrogens with zero attached hydrogens (tertiary/aromatic N) is 2. The molecule has 160 valence electrons. The van der Waals surface area contributed by atoms with E-state index < -0.39 is 5.92 Å². The molecule has 0 radical (unpaired) electrons. The summed E-state index contributed by atoms with van der Waals surface area (Å²) in [6, 6.07) is 8.19. The third kappa shape index (κ3) is 4.07. The summed E-state index contributed by atoms with van der Waals surface area (Å²) >= 11 is 0. The Labute approximate surface area is 179 Å². The van der Waals surface area contributed by atoms with Crippen LogP contribution in [0.15, 0.2) is 40.5 Å². The number of carbonyl (C=O) groups is 2. The Kier molecular flexibility index (Phi) is 6.07. The molecule has 0 spiro atoms. The van der Waals surface area contributed by atoms with Gasteiger partial charge in [-0.2, -0.15) is 0 Å². The maximum absolute atomic E-state index is 13.4. The van der Waals surface area contributed by atoms with Gasteiger partial charge in [-0.05, 0) is 63.1 Å². The van der Waals surface area contributed by atoms with E-state index in [1.54, 1.807) is 0 Å². The Bertz CT molecular complexity index is 876. The zero-order chi connectivity index (χ0) is 21.3. The molecule has 30 heavy (non-hydrogen) atoms. The van der Waals surface area contributed by atoms with Crippen molar-refractivity contribution < 1.29 is 14.3 Å². The van der Waals surface area contributed by atoms with E-state index in [9.17, 15) is 9.59 Å². The van der Waals surface area contributed by atoms with Crippen LogP contribution in [0.3, 0.4) is 0 Å². The van der Waals surface area contributed by atoms with Crippen molar-refractivity contribution in [3.63, 3.8) is 0 Å². The van der Waals surface area contributed by atoms with Gasteiger partial charge >= 0.3 is 5.97 Å². The number of allylic oxidation sites excluding steroid dienone is 2. The van der Waals surface area contributed by atoms with Gasteiger partial charge in [-0.1, -0.05) is 18.6 Å². The summed E-state index contributed by atoms with van der Waals surface area (Å²) in [5.74, 6) is -0.935. The fourth-order valence-corrected chi connectivity index (χ4v) is 5.07. The lowest BCUT2D eigenvalue weighted by atomic mass is 9.71. The molecule has 1 aromatic carbocycles. The second kappa shape index (κ2) is 8.75. The molecule has 3 aliphatic rings. The fourth-order valence-electron chi connectivity index (χ4n) is 5.07. The molecule has 1 aliphatic heterocycles. The third-order valence-corrected chi connectivity index (χ3v) is 6.69. The van der Waals surface area contributed by atoms with E-state index in [1.807, 2.05) is 50.2 Å². The molecular weight excluding hydrogens is 376 g/mol. The Hall–Kier alpha value is -2.43. The van der Waals surface area contributed by atoms with Crippen LogP contribution in [-0.4, -0.2) is 37.7 Å². The Morgan fingerprint density at radius 2 is 1.73 bits per heavy atom. The summed E-state index contributed by atoms with van der Waals surface area (Å²) in [6.07, 6.45) is 7.46. The maximum atomic E-state index is 13.4. The summed E-state index contributed by atoms with van der Waals surface area (Å²) in [5, 5.41) is 0. The second-order valence-corrected chi connectivity index (χ2v) is 9.03. The Morgan fingerprint density at radius 1 is 1.03 bits per heavy atom. The molecule has 2 aliphatic carbocycles. The molecule has 0 saturated heterocycles. The van der Waals surface area contributed by atoms with Crippen molar-refractivity contribution in [2.45, 2.75) is 70.3 Å². The fraction of sp³-hybridized carbons (Fsp3) is 0.560. The molecule has 0 N–H and O–H groups in total. The quantitative estimate of drug-likeness (QED) is 0.671. The van der Waals surface area contributed by atoms with Gasteiger partial charge in [-0.15, -0.1) is 0 Å². The van der Waals surface area contributed by atoms with Gasteiger partial charge in [0.25, 0.3) is 0 Å². The van der Waals surface area contributed by atoms with Crippen molar-refractivity contribution in [2.24, 2.45) is 10.9 Å². The zero-order valence-corrected chi connectivity index (χ0v) is 18.3. The first kappa shape index (κ1) is 20.8. The van der Waals surface area contributed by atoms with E-state index in [0.717, 1.165) is 66.8 Å². The lowest BCUT2D eigenvalue weighted by Crippen LogP contribution is -2.38. The van der Waals surface area contributed by atoms with Crippen molar-refractivity contribution in [1.82, 2.24) is 0 Å². The Morgan fingerprint density at radius 3 is 2.40 bits per heavy atom. The highest BCUT2D eigenvalue weighted by molar-refractivity contribution is 6.08. The maximum Gasteiger partial charge on any atom is 0.315 e. The van der Waals surface area contributed by atoms with Crippen LogP contribution in [0.25, 0.3) is 0 Å². The number of ketones is 1. The van der Waals surface area contributed by atoms with Gasteiger partial charge in [0, 0.05) is 49.1 Å². The highest BCUT2D eigenvalue weighted by Gasteiger charge is 2.43. The predicted octanol–water partition coefficient (Wildman–Crippen LogP) is 4.81. The van der Waals surface area contributed by atoms with Crippen LogP contribution in [-0.2, 0) is 14.3 Å². The normalized spacial score (nSPS) is 24.9. The average molecular weight is 409 g/mol.